The number of hydrogen-bond acceptors (Lipinski definition) is 3. The van der Waals surface area contributed by atoms with Crippen molar-refractivity contribution >= 4 is 39.1 Å². The number of nitrogens with zero attached hydrogens (tertiary/aromatic N) is 3. The Kier molecular flexibility index (Phi) is 5.41. The number of halogens is 1. The molecule has 0 radical (unpaired) electrons. The Morgan fingerprint density at radius 3 is 2.59 bits per heavy atom. The Morgan fingerprint density at radius 1 is 1.15 bits per heavy atom. The fourth-order valence-electron chi connectivity index (χ4n) is 2.73. The maximum absolute atomic E-state index is 12.8. The van der Waals surface area contributed by atoms with Gasteiger partial charge in [-0.15, -0.1) is 0 Å². The van der Waals surface area contributed by atoms with E-state index in [4.69, 9.17) is 0 Å². The van der Waals surface area contributed by atoms with Crippen LogP contribution in [0.2, 0.25) is 0 Å². The summed E-state index contributed by atoms with van der Waals surface area (Å²) in [5.41, 5.74) is 3.25. The van der Waals surface area contributed by atoms with Crippen LogP contribution < -0.4 is 10.2 Å². The van der Waals surface area contributed by atoms with Gasteiger partial charge in [0.2, 0.25) is 5.91 Å². The standard InChI is InChI=1S/C20H19BrN4O2/c1-13-17(12-22-25(13)16-8-6-7-15(21)11-16)20(27)23-18-9-4-5-10-19(18)24(3)14(2)26/h4-12H,1-3H3,(H,23,27). The molecule has 7 heteroatoms. The van der Waals surface area contributed by atoms with Gasteiger partial charge in [0.05, 0.1) is 34.5 Å². The van der Waals surface area contributed by atoms with Crippen molar-refractivity contribution in [2.24, 2.45) is 0 Å². The van der Waals surface area contributed by atoms with E-state index in [2.05, 4.69) is 26.3 Å². The first-order valence-electron chi connectivity index (χ1n) is 8.33. The molecule has 1 aromatic heterocycles. The number of hydrogen-bond donors (Lipinski definition) is 1. The molecule has 27 heavy (non-hydrogen) atoms. The van der Waals surface area contributed by atoms with Gasteiger partial charge in [0.25, 0.3) is 5.91 Å². The molecule has 3 rings (SSSR count). The number of aromatic nitrogens is 2. The zero-order valence-corrected chi connectivity index (χ0v) is 16.8. The smallest absolute Gasteiger partial charge is 0.259 e. The minimum Gasteiger partial charge on any atom is -0.320 e. The largest absolute Gasteiger partial charge is 0.320 e. The molecule has 0 spiro atoms. The third kappa shape index (κ3) is 3.93. The number of anilines is 2. The first kappa shape index (κ1) is 18.8. The van der Waals surface area contributed by atoms with Gasteiger partial charge in [-0.05, 0) is 37.3 Å². The number of para-hydroxylation sites is 2. The van der Waals surface area contributed by atoms with E-state index in [1.54, 1.807) is 30.1 Å². The highest BCUT2D eigenvalue weighted by Crippen LogP contribution is 2.26. The Bertz CT molecular complexity index is 1010. The molecule has 1 N–H and O–H groups in total. The molecule has 0 bridgehead atoms. The average Bonchev–Trinajstić information content (AvgIpc) is 3.03. The topological polar surface area (TPSA) is 67.2 Å². The monoisotopic (exact) mass is 426 g/mol. The Morgan fingerprint density at radius 2 is 1.89 bits per heavy atom. The summed E-state index contributed by atoms with van der Waals surface area (Å²) in [7, 11) is 1.67. The van der Waals surface area contributed by atoms with Gasteiger partial charge in [-0.1, -0.05) is 34.1 Å². The highest BCUT2D eigenvalue weighted by Gasteiger charge is 2.18. The second kappa shape index (κ2) is 7.75. The van der Waals surface area contributed by atoms with E-state index in [-0.39, 0.29) is 11.8 Å². The predicted molar refractivity (Wildman–Crippen MR) is 109 cm³/mol. The summed E-state index contributed by atoms with van der Waals surface area (Å²) >= 11 is 3.44. The second-order valence-electron chi connectivity index (χ2n) is 6.08. The van der Waals surface area contributed by atoms with Crippen molar-refractivity contribution in [2.45, 2.75) is 13.8 Å². The van der Waals surface area contributed by atoms with Crippen molar-refractivity contribution in [2.75, 3.05) is 17.3 Å². The van der Waals surface area contributed by atoms with Gasteiger partial charge in [-0.25, -0.2) is 4.68 Å². The molecule has 0 fully saturated rings. The van der Waals surface area contributed by atoms with Crippen molar-refractivity contribution in [3.63, 3.8) is 0 Å². The number of nitrogens with one attached hydrogen (secondary N) is 1. The summed E-state index contributed by atoms with van der Waals surface area (Å²) in [5.74, 6) is -0.395. The second-order valence-corrected chi connectivity index (χ2v) is 7.00. The minimum atomic E-state index is -0.279. The maximum Gasteiger partial charge on any atom is 0.259 e. The highest BCUT2D eigenvalue weighted by atomic mass is 79.9. The summed E-state index contributed by atoms with van der Waals surface area (Å²) in [6, 6.07) is 14.9. The molecule has 138 valence electrons. The molecule has 3 aromatic rings. The van der Waals surface area contributed by atoms with Crippen LogP contribution in [0.1, 0.15) is 23.0 Å². The van der Waals surface area contributed by atoms with Crippen LogP contribution in [0.25, 0.3) is 5.69 Å². The third-order valence-electron chi connectivity index (χ3n) is 4.29. The molecule has 2 aromatic carbocycles. The quantitative estimate of drug-likeness (QED) is 0.680. The first-order chi connectivity index (χ1) is 12.9. The lowest BCUT2D eigenvalue weighted by atomic mass is 10.2. The molecule has 0 saturated carbocycles. The van der Waals surface area contributed by atoms with Crippen molar-refractivity contribution in [1.29, 1.82) is 0 Å². The number of rotatable bonds is 4. The summed E-state index contributed by atoms with van der Waals surface area (Å²) in [5, 5.41) is 7.23. The molecule has 1 heterocycles. The van der Waals surface area contributed by atoms with Gasteiger partial charge in [0.15, 0.2) is 0 Å². The van der Waals surface area contributed by atoms with E-state index in [1.165, 1.54) is 11.8 Å². The van der Waals surface area contributed by atoms with Gasteiger partial charge in [-0.2, -0.15) is 5.10 Å². The van der Waals surface area contributed by atoms with Crippen molar-refractivity contribution in [3.05, 3.63) is 70.5 Å². The molecular formula is C20H19BrN4O2. The van der Waals surface area contributed by atoms with Crippen LogP contribution in [0.5, 0.6) is 0 Å². The van der Waals surface area contributed by atoms with Crippen LogP contribution in [0.3, 0.4) is 0 Å². The van der Waals surface area contributed by atoms with Crippen molar-refractivity contribution in [1.82, 2.24) is 9.78 Å². The number of benzene rings is 2. The lowest BCUT2D eigenvalue weighted by Crippen LogP contribution is -2.25. The van der Waals surface area contributed by atoms with Gasteiger partial charge in [-0.3, -0.25) is 9.59 Å². The van der Waals surface area contributed by atoms with Gasteiger partial charge in [0, 0.05) is 18.4 Å². The van der Waals surface area contributed by atoms with Gasteiger partial charge in [0.1, 0.15) is 0 Å². The van der Waals surface area contributed by atoms with Crippen molar-refractivity contribution in [3.8, 4) is 5.69 Å². The SMILES string of the molecule is CC(=O)N(C)c1ccccc1NC(=O)c1cnn(-c2cccc(Br)c2)c1C. The minimum absolute atomic E-state index is 0.115. The van der Waals surface area contributed by atoms with Gasteiger partial charge >= 0.3 is 0 Å². The predicted octanol–water partition coefficient (Wildman–Crippen LogP) is 4.18. The van der Waals surface area contributed by atoms with E-state index in [1.807, 2.05) is 43.3 Å². The van der Waals surface area contributed by atoms with Gasteiger partial charge < -0.3 is 10.2 Å². The van der Waals surface area contributed by atoms with E-state index in [0.717, 1.165) is 15.9 Å². The molecule has 0 aliphatic carbocycles. The summed E-state index contributed by atoms with van der Waals surface area (Å²) < 4.78 is 2.65. The molecule has 0 aliphatic rings. The lowest BCUT2D eigenvalue weighted by molar-refractivity contribution is -0.116. The molecule has 0 saturated heterocycles. The van der Waals surface area contributed by atoms with Crippen LogP contribution >= 0.6 is 15.9 Å². The molecule has 6 nitrogen and oxygen atoms in total. The maximum atomic E-state index is 12.8. The van der Waals surface area contributed by atoms with Crippen LogP contribution in [0.15, 0.2) is 59.2 Å². The van der Waals surface area contributed by atoms with Crippen LogP contribution in [-0.2, 0) is 4.79 Å². The summed E-state index contributed by atoms with van der Waals surface area (Å²) in [6.45, 7) is 3.32. The fraction of sp³-hybridized carbons (Fsp3) is 0.150. The first-order valence-corrected chi connectivity index (χ1v) is 9.13. The Hall–Kier alpha value is -2.93. The van der Waals surface area contributed by atoms with Crippen LogP contribution in [-0.4, -0.2) is 28.6 Å². The van der Waals surface area contributed by atoms with Crippen LogP contribution in [0.4, 0.5) is 11.4 Å². The summed E-state index contributed by atoms with van der Waals surface area (Å²) in [6.07, 6.45) is 1.54. The van der Waals surface area contributed by atoms with Crippen LogP contribution in [0, 0.1) is 6.92 Å². The fourth-order valence-corrected chi connectivity index (χ4v) is 3.12. The van der Waals surface area contributed by atoms with E-state index >= 15 is 0 Å². The molecule has 0 atom stereocenters. The number of carbonyl (C=O) groups is 2. The van der Waals surface area contributed by atoms with Crippen molar-refractivity contribution < 1.29 is 9.59 Å². The molecule has 0 aliphatic heterocycles. The van der Waals surface area contributed by atoms with E-state index < -0.39 is 0 Å². The van der Waals surface area contributed by atoms with E-state index in [9.17, 15) is 9.59 Å². The zero-order chi connectivity index (χ0) is 19.6. The summed E-state index contributed by atoms with van der Waals surface area (Å²) in [4.78, 5) is 26.0. The Labute approximate surface area is 165 Å². The normalized spacial score (nSPS) is 10.5. The molecule has 0 unspecified atom stereocenters. The van der Waals surface area contributed by atoms with E-state index in [0.29, 0.717) is 16.9 Å². The molecular weight excluding hydrogens is 408 g/mol. The third-order valence-corrected chi connectivity index (χ3v) is 4.79. The Balaban J connectivity index is 1.90. The number of carbonyl (C=O) groups excluding carboxylic acids is 2. The molecule has 2 amide bonds. The number of amides is 2. The average molecular weight is 427 g/mol. The highest BCUT2D eigenvalue weighted by molar-refractivity contribution is 9.10. The zero-order valence-electron chi connectivity index (χ0n) is 15.2. The lowest BCUT2D eigenvalue weighted by Gasteiger charge is -2.19.